The van der Waals surface area contributed by atoms with Crippen LogP contribution in [0.15, 0.2) is 23.4 Å². The molecule has 5 heteroatoms. The molecule has 0 aromatic carbocycles. The Kier molecular flexibility index (Phi) is 3.75. The van der Waals surface area contributed by atoms with Crippen LogP contribution in [0.4, 0.5) is 0 Å². The molecule has 2 aliphatic rings. The largest absolute Gasteiger partial charge is 0.351 e. The third-order valence-corrected chi connectivity index (χ3v) is 4.84. The average Bonchev–Trinajstić information content (AvgIpc) is 2.99. The Labute approximate surface area is 122 Å². The van der Waals surface area contributed by atoms with Gasteiger partial charge in [0.1, 0.15) is 4.32 Å². The summed E-state index contributed by atoms with van der Waals surface area (Å²) < 4.78 is 2.84. The minimum absolute atomic E-state index is 0.0829. The lowest BCUT2D eigenvalue weighted by Crippen LogP contribution is -2.17. The fourth-order valence-corrected chi connectivity index (χ4v) is 3.74. The van der Waals surface area contributed by atoms with E-state index >= 15 is 0 Å². The highest BCUT2D eigenvalue weighted by atomic mass is 32.2. The lowest BCUT2D eigenvalue weighted by Gasteiger charge is -2.23. The second-order valence-corrected chi connectivity index (χ2v) is 6.75. The van der Waals surface area contributed by atoms with Gasteiger partial charge in [0.05, 0.1) is 4.91 Å². The number of carbonyl (C=O) groups is 1. The molecule has 0 bridgehead atoms. The molecule has 3 rings (SSSR count). The Morgan fingerprint density at radius 2 is 2.16 bits per heavy atom. The molecule has 0 radical (unpaired) electrons. The van der Waals surface area contributed by atoms with Crippen molar-refractivity contribution in [2.24, 2.45) is 0 Å². The Morgan fingerprint density at radius 3 is 2.84 bits per heavy atom. The summed E-state index contributed by atoms with van der Waals surface area (Å²) in [6, 6.07) is 2.70. The second kappa shape index (κ2) is 5.51. The smallest absolute Gasteiger partial charge is 0.263 e. The number of hydrogen-bond donors (Lipinski definition) is 1. The monoisotopic (exact) mass is 292 g/mol. The zero-order valence-corrected chi connectivity index (χ0v) is 12.2. The highest BCUT2D eigenvalue weighted by molar-refractivity contribution is 8.26. The van der Waals surface area contributed by atoms with Gasteiger partial charge in [0.25, 0.3) is 5.91 Å². The molecule has 2 heterocycles. The molecular weight excluding hydrogens is 276 g/mol. The van der Waals surface area contributed by atoms with Crippen molar-refractivity contribution in [3.63, 3.8) is 0 Å². The number of thiocarbonyl (C=S) groups is 1. The first-order chi connectivity index (χ1) is 9.22. The summed E-state index contributed by atoms with van der Waals surface area (Å²) in [7, 11) is 0. The van der Waals surface area contributed by atoms with Gasteiger partial charge >= 0.3 is 0 Å². The molecule has 1 saturated carbocycles. The molecule has 100 valence electrons. The van der Waals surface area contributed by atoms with E-state index in [2.05, 4.69) is 28.3 Å². The Hall–Kier alpha value is -1.07. The van der Waals surface area contributed by atoms with Crippen LogP contribution < -0.4 is 5.32 Å². The molecule has 1 saturated heterocycles. The van der Waals surface area contributed by atoms with Crippen LogP contribution >= 0.6 is 24.0 Å². The number of rotatable bonds is 2. The fraction of sp³-hybridized carbons (Fsp3) is 0.429. The van der Waals surface area contributed by atoms with Crippen LogP contribution in [0.2, 0.25) is 0 Å². The van der Waals surface area contributed by atoms with Crippen molar-refractivity contribution in [1.82, 2.24) is 9.88 Å². The van der Waals surface area contributed by atoms with Crippen LogP contribution in [0.5, 0.6) is 0 Å². The van der Waals surface area contributed by atoms with Crippen LogP contribution in [0.1, 0.15) is 43.7 Å². The van der Waals surface area contributed by atoms with E-state index in [9.17, 15) is 4.79 Å². The van der Waals surface area contributed by atoms with Crippen LogP contribution in [-0.4, -0.2) is 14.8 Å². The van der Waals surface area contributed by atoms with Crippen molar-refractivity contribution >= 4 is 40.3 Å². The minimum atomic E-state index is -0.0829. The summed E-state index contributed by atoms with van der Waals surface area (Å²) in [4.78, 5) is 12.3. The normalized spacial score (nSPS) is 23.1. The summed E-state index contributed by atoms with van der Waals surface area (Å²) in [6.07, 6.45) is 12.7. The second-order valence-electron chi connectivity index (χ2n) is 5.04. The Morgan fingerprint density at radius 1 is 1.37 bits per heavy atom. The highest BCUT2D eigenvalue weighted by Gasteiger charge is 2.22. The SMILES string of the molecule is O=C1NC(=S)S/C1=C\c1ccn(C2CCCCC2)c1. The third-order valence-electron chi connectivity index (χ3n) is 3.67. The van der Waals surface area contributed by atoms with E-state index in [1.54, 1.807) is 0 Å². The summed E-state index contributed by atoms with van der Waals surface area (Å²) in [6.45, 7) is 0. The maximum Gasteiger partial charge on any atom is 0.263 e. The van der Waals surface area contributed by atoms with Gasteiger partial charge in [-0.1, -0.05) is 43.2 Å². The molecule has 1 N–H and O–H groups in total. The first-order valence-corrected chi connectivity index (χ1v) is 7.87. The molecule has 2 fully saturated rings. The number of thioether (sulfide) groups is 1. The van der Waals surface area contributed by atoms with Gasteiger partial charge in [0, 0.05) is 18.4 Å². The van der Waals surface area contributed by atoms with Gasteiger partial charge in [-0.3, -0.25) is 4.79 Å². The zero-order valence-electron chi connectivity index (χ0n) is 10.6. The van der Waals surface area contributed by atoms with E-state index in [1.807, 2.05) is 6.08 Å². The van der Waals surface area contributed by atoms with Gasteiger partial charge in [-0.15, -0.1) is 0 Å². The molecule has 1 amide bonds. The maximum atomic E-state index is 11.6. The number of nitrogens with zero attached hydrogens (tertiary/aromatic N) is 1. The fourth-order valence-electron chi connectivity index (χ4n) is 2.69. The predicted molar refractivity (Wildman–Crippen MR) is 82.9 cm³/mol. The number of nitrogens with one attached hydrogen (secondary N) is 1. The van der Waals surface area contributed by atoms with Gasteiger partial charge in [-0.25, -0.2) is 0 Å². The molecule has 0 spiro atoms. The van der Waals surface area contributed by atoms with Crippen LogP contribution in [0, 0.1) is 0 Å². The van der Waals surface area contributed by atoms with Crippen LogP contribution in [0.3, 0.4) is 0 Å². The molecule has 1 aromatic heterocycles. The molecule has 3 nitrogen and oxygen atoms in total. The van der Waals surface area contributed by atoms with Gasteiger partial charge in [0.15, 0.2) is 0 Å². The van der Waals surface area contributed by atoms with E-state index < -0.39 is 0 Å². The molecule has 1 aromatic rings. The molecular formula is C14H16N2OS2. The topological polar surface area (TPSA) is 34.0 Å². The van der Waals surface area contributed by atoms with Crippen molar-refractivity contribution in [3.05, 3.63) is 28.9 Å². The molecule has 0 unspecified atom stereocenters. The number of hydrogen-bond acceptors (Lipinski definition) is 3. The van der Waals surface area contributed by atoms with Crippen molar-refractivity contribution in [3.8, 4) is 0 Å². The van der Waals surface area contributed by atoms with Crippen LogP contribution in [-0.2, 0) is 4.79 Å². The van der Waals surface area contributed by atoms with E-state index in [0.29, 0.717) is 15.3 Å². The van der Waals surface area contributed by atoms with Crippen molar-refractivity contribution in [2.75, 3.05) is 0 Å². The number of aromatic nitrogens is 1. The molecule has 1 aliphatic heterocycles. The quantitative estimate of drug-likeness (QED) is 0.669. The third kappa shape index (κ3) is 2.92. The lowest BCUT2D eigenvalue weighted by atomic mass is 9.95. The standard InChI is InChI=1S/C14H16N2OS2/c17-13-12(19-14(18)15-13)8-10-6-7-16(9-10)11-4-2-1-3-5-11/h6-9,11H,1-5H2,(H,15,17,18)/b12-8-. The van der Waals surface area contributed by atoms with Gasteiger partial charge < -0.3 is 9.88 Å². The Balaban J connectivity index is 1.76. The van der Waals surface area contributed by atoms with Crippen molar-refractivity contribution in [1.29, 1.82) is 0 Å². The first-order valence-electron chi connectivity index (χ1n) is 6.65. The van der Waals surface area contributed by atoms with Gasteiger partial charge in [0.2, 0.25) is 0 Å². The minimum Gasteiger partial charge on any atom is -0.351 e. The van der Waals surface area contributed by atoms with Crippen molar-refractivity contribution < 1.29 is 4.79 Å². The zero-order chi connectivity index (χ0) is 13.2. The van der Waals surface area contributed by atoms with E-state index in [1.165, 1.54) is 43.9 Å². The highest BCUT2D eigenvalue weighted by Crippen LogP contribution is 2.30. The summed E-state index contributed by atoms with van der Waals surface area (Å²) in [5.41, 5.74) is 1.08. The van der Waals surface area contributed by atoms with E-state index in [0.717, 1.165) is 5.56 Å². The number of amides is 1. The van der Waals surface area contributed by atoms with E-state index in [-0.39, 0.29) is 5.91 Å². The average molecular weight is 292 g/mol. The van der Waals surface area contributed by atoms with Crippen LogP contribution in [0.25, 0.3) is 6.08 Å². The summed E-state index contributed by atoms with van der Waals surface area (Å²) in [5, 5.41) is 2.64. The molecule has 19 heavy (non-hydrogen) atoms. The van der Waals surface area contributed by atoms with Gasteiger partial charge in [-0.2, -0.15) is 0 Å². The number of carbonyl (C=O) groups excluding carboxylic acids is 1. The maximum absolute atomic E-state index is 11.6. The lowest BCUT2D eigenvalue weighted by molar-refractivity contribution is -0.115. The predicted octanol–water partition coefficient (Wildman–Crippen LogP) is 3.48. The summed E-state index contributed by atoms with van der Waals surface area (Å²) >= 11 is 6.32. The van der Waals surface area contributed by atoms with Gasteiger partial charge in [-0.05, 0) is 30.5 Å². The summed E-state index contributed by atoms with van der Waals surface area (Å²) in [5.74, 6) is -0.0829. The molecule has 1 aliphatic carbocycles. The van der Waals surface area contributed by atoms with Crippen molar-refractivity contribution in [2.45, 2.75) is 38.1 Å². The molecule has 0 atom stereocenters. The van der Waals surface area contributed by atoms with E-state index in [4.69, 9.17) is 12.2 Å². The first kappa shape index (κ1) is 12.9. The Bertz CT molecular complexity index is 541.